The van der Waals surface area contributed by atoms with Gasteiger partial charge in [0.1, 0.15) is 5.82 Å². The molecule has 0 aromatic heterocycles. The van der Waals surface area contributed by atoms with E-state index < -0.39 is 25.9 Å². The van der Waals surface area contributed by atoms with Crippen LogP contribution in [0.15, 0.2) is 58.3 Å². The number of rotatable bonds is 7. The van der Waals surface area contributed by atoms with Crippen molar-refractivity contribution in [2.45, 2.75) is 23.6 Å². The number of anilines is 1. The van der Waals surface area contributed by atoms with Crippen LogP contribution in [0.4, 0.5) is 10.1 Å². The molecule has 2 aromatic rings. The van der Waals surface area contributed by atoms with Gasteiger partial charge in [-0.1, -0.05) is 19.9 Å². The average Bonchev–Trinajstić information content (AvgIpc) is 2.56. The molecule has 0 radical (unpaired) electrons. The molecule has 136 valence electrons. The fraction of sp³-hybridized carbons (Fsp3) is 0.250. The van der Waals surface area contributed by atoms with Crippen LogP contribution >= 0.6 is 0 Å². The van der Waals surface area contributed by atoms with Crippen molar-refractivity contribution in [3.63, 3.8) is 0 Å². The lowest BCUT2D eigenvalue weighted by atomic mass is 10.3. The summed E-state index contributed by atoms with van der Waals surface area (Å²) in [4.78, 5) is -0.141. The first-order valence-corrected chi connectivity index (χ1v) is 10.5. The smallest absolute Gasteiger partial charge is 0.261 e. The summed E-state index contributed by atoms with van der Waals surface area (Å²) in [5.41, 5.74) is 0.183. The number of hydrogen-bond acceptors (Lipinski definition) is 4. The van der Waals surface area contributed by atoms with Crippen LogP contribution in [0.2, 0.25) is 0 Å². The first-order chi connectivity index (χ1) is 11.7. The summed E-state index contributed by atoms with van der Waals surface area (Å²) in [6, 6.07) is 9.98. The van der Waals surface area contributed by atoms with Gasteiger partial charge in [0.2, 0.25) is 10.0 Å². The van der Waals surface area contributed by atoms with Crippen LogP contribution in [-0.4, -0.2) is 34.2 Å². The van der Waals surface area contributed by atoms with Gasteiger partial charge in [-0.25, -0.2) is 21.2 Å². The highest BCUT2D eigenvalue weighted by Crippen LogP contribution is 2.21. The van der Waals surface area contributed by atoms with Crippen LogP contribution in [-0.2, 0) is 20.0 Å². The molecule has 2 rings (SSSR count). The van der Waals surface area contributed by atoms with Crippen molar-refractivity contribution in [3.8, 4) is 0 Å². The molecule has 0 aliphatic carbocycles. The van der Waals surface area contributed by atoms with E-state index in [2.05, 4.69) is 4.72 Å². The summed E-state index contributed by atoms with van der Waals surface area (Å²) in [6.45, 7) is 4.16. The lowest BCUT2D eigenvalue weighted by Crippen LogP contribution is -2.30. The standard InChI is InChI=1S/C16H19FN2O4S2/c1-3-19(4-2)25(22,23)15-10-8-14(9-11-15)18-24(20,21)16-7-5-6-13(17)12-16/h5-12,18H,3-4H2,1-2H3. The van der Waals surface area contributed by atoms with Gasteiger partial charge < -0.3 is 0 Å². The first kappa shape index (κ1) is 19.4. The predicted octanol–water partition coefficient (Wildman–Crippen LogP) is 2.66. The Balaban J connectivity index is 2.26. The van der Waals surface area contributed by atoms with E-state index in [0.29, 0.717) is 13.1 Å². The molecule has 0 saturated heterocycles. The highest BCUT2D eigenvalue weighted by molar-refractivity contribution is 7.92. The second kappa shape index (κ2) is 7.51. The van der Waals surface area contributed by atoms with Gasteiger partial charge in [0.15, 0.2) is 0 Å². The molecule has 0 aliphatic heterocycles. The van der Waals surface area contributed by atoms with Crippen molar-refractivity contribution in [2.24, 2.45) is 0 Å². The second-order valence-electron chi connectivity index (χ2n) is 5.18. The number of sulfonamides is 2. The molecular formula is C16H19FN2O4S2. The lowest BCUT2D eigenvalue weighted by Gasteiger charge is -2.18. The van der Waals surface area contributed by atoms with Crippen LogP contribution in [0.1, 0.15) is 13.8 Å². The van der Waals surface area contributed by atoms with Crippen molar-refractivity contribution in [2.75, 3.05) is 17.8 Å². The summed E-state index contributed by atoms with van der Waals surface area (Å²) in [5.74, 6) is -0.663. The Hall–Kier alpha value is -1.97. The molecule has 0 saturated carbocycles. The van der Waals surface area contributed by atoms with Crippen molar-refractivity contribution >= 4 is 25.7 Å². The van der Waals surface area contributed by atoms with Crippen LogP contribution in [0.25, 0.3) is 0 Å². The van der Waals surface area contributed by atoms with Gasteiger partial charge in [-0.05, 0) is 42.5 Å². The van der Waals surface area contributed by atoms with E-state index >= 15 is 0 Å². The lowest BCUT2D eigenvalue weighted by molar-refractivity contribution is 0.445. The van der Waals surface area contributed by atoms with Gasteiger partial charge in [-0.15, -0.1) is 0 Å². The Morgan fingerprint density at radius 3 is 2.04 bits per heavy atom. The Bertz CT molecular complexity index is 938. The fourth-order valence-corrected chi connectivity index (χ4v) is 4.80. The van der Waals surface area contributed by atoms with Gasteiger partial charge in [-0.2, -0.15) is 4.31 Å². The van der Waals surface area contributed by atoms with E-state index in [-0.39, 0.29) is 15.5 Å². The zero-order valence-corrected chi connectivity index (χ0v) is 15.4. The Morgan fingerprint density at radius 2 is 1.52 bits per heavy atom. The maximum Gasteiger partial charge on any atom is 0.261 e. The van der Waals surface area contributed by atoms with Gasteiger partial charge in [-0.3, -0.25) is 4.72 Å². The SMILES string of the molecule is CCN(CC)S(=O)(=O)c1ccc(NS(=O)(=O)c2cccc(F)c2)cc1. The number of benzene rings is 2. The normalized spacial score (nSPS) is 12.3. The summed E-state index contributed by atoms with van der Waals surface area (Å²) >= 11 is 0. The fourth-order valence-electron chi connectivity index (χ4n) is 2.26. The molecule has 25 heavy (non-hydrogen) atoms. The number of hydrogen-bond donors (Lipinski definition) is 1. The molecule has 0 bridgehead atoms. The van der Waals surface area contributed by atoms with E-state index in [1.165, 1.54) is 40.7 Å². The Morgan fingerprint density at radius 1 is 0.920 bits per heavy atom. The first-order valence-electron chi connectivity index (χ1n) is 7.59. The van der Waals surface area contributed by atoms with Crippen LogP contribution in [0.5, 0.6) is 0 Å². The van der Waals surface area contributed by atoms with E-state index in [9.17, 15) is 21.2 Å². The number of halogens is 1. The van der Waals surface area contributed by atoms with Crippen molar-refractivity contribution in [1.29, 1.82) is 0 Å². The molecular weight excluding hydrogens is 367 g/mol. The van der Waals surface area contributed by atoms with E-state index in [0.717, 1.165) is 12.1 Å². The van der Waals surface area contributed by atoms with Gasteiger partial charge in [0.25, 0.3) is 10.0 Å². The van der Waals surface area contributed by atoms with Crippen molar-refractivity contribution in [3.05, 3.63) is 54.3 Å². The molecule has 0 fully saturated rings. The summed E-state index contributed by atoms with van der Waals surface area (Å²) in [6.07, 6.45) is 0. The Labute approximate surface area is 147 Å². The van der Waals surface area contributed by atoms with Crippen LogP contribution < -0.4 is 4.72 Å². The number of nitrogens with one attached hydrogen (secondary N) is 1. The quantitative estimate of drug-likeness (QED) is 0.793. The van der Waals surface area contributed by atoms with Gasteiger partial charge >= 0.3 is 0 Å². The summed E-state index contributed by atoms with van der Waals surface area (Å²) in [5, 5.41) is 0. The zero-order chi connectivity index (χ0) is 18.7. The minimum absolute atomic E-state index is 0.0740. The molecule has 0 atom stereocenters. The van der Waals surface area contributed by atoms with Gasteiger partial charge in [0.05, 0.1) is 9.79 Å². The minimum Gasteiger partial charge on any atom is -0.280 e. The second-order valence-corrected chi connectivity index (χ2v) is 8.80. The highest BCUT2D eigenvalue weighted by atomic mass is 32.2. The van der Waals surface area contributed by atoms with E-state index in [1.54, 1.807) is 13.8 Å². The highest BCUT2D eigenvalue weighted by Gasteiger charge is 2.22. The molecule has 0 aliphatic rings. The molecule has 0 amide bonds. The topological polar surface area (TPSA) is 83.6 Å². The Kier molecular flexibility index (Phi) is 5.81. The predicted molar refractivity (Wildman–Crippen MR) is 93.8 cm³/mol. The third kappa shape index (κ3) is 4.36. The van der Waals surface area contributed by atoms with Gasteiger partial charge in [0, 0.05) is 18.8 Å². The minimum atomic E-state index is -3.96. The number of nitrogens with zero attached hydrogens (tertiary/aromatic N) is 1. The van der Waals surface area contributed by atoms with E-state index in [1.807, 2.05) is 0 Å². The largest absolute Gasteiger partial charge is 0.280 e. The monoisotopic (exact) mass is 386 g/mol. The molecule has 9 heteroatoms. The maximum atomic E-state index is 13.2. The molecule has 0 heterocycles. The molecule has 0 unspecified atom stereocenters. The summed E-state index contributed by atoms with van der Waals surface area (Å²) < 4.78 is 66.1. The molecule has 0 spiro atoms. The van der Waals surface area contributed by atoms with E-state index in [4.69, 9.17) is 0 Å². The average molecular weight is 386 g/mol. The van der Waals surface area contributed by atoms with Crippen LogP contribution in [0.3, 0.4) is 0 Å². The molecule has 1 N–H and O–H groups in total. The third-order valence-corrected chi connectivity index (χ3v) is 7.00. The third-order valence-electron chi connectivity index (χ3n) is 3.56. The summed E-state index contributed by atoms with van der Waals surface area (Å²) in [7, 11) is -7.57. The molecule has 6 nitrogen and oxygen atoms in total. The molecule has 2 aromatic carbocycles. The van der Waals surface area contributed by atoms with Crippen molar-refractivity contribution < 1.29 is 21.2 Å². The van der Waals surface area contributed by atoms with Crippen LogP contribution in [0, 0.1) is 5.82 Å². The maximum absolute atomic E-state index is 13.2. The zero-order valence-electron chi connectivity index (χ0n) is 13.8. The van der Waals surface area contributed by atoms with Crippen molar-refractivity contribution in [1.82, 2.24) is 4.31 Å².